The molecule has 0 atom stereocenters. The van der Waals surface area contributed by atoms with Gasteiger partial charge in [0, 0.05) is 28.6 Å². The number of amides is 1. The topological polar surface area (TPSA) is 81.3 Å². The van der Waals surface area contributed by atoms with Crippen LogP contribution < -0.4 is 10.9 Å². The number of halogens is 2. The Balaban J connectivity index is 1.56. The van der Waals surface area contributed by atoms with Crippen LogP contribution in [0.3, 0.4) is 0 Å². The number of aryl methyl sites for hydroxylation is 1. The third kappa shape index (κ3) is 3.45. The predicted octanol–water partition coefficient (Wildman–Crippen LogP) is 3.27. The van der Waals surface area contributed by atoms with E-state index in [9.17, 15) is 18.4 Å². The van der Waals surface area contributed by atoms with Crippen LogP contribution in [-0.4, -0.2) is 25.1 Å². The van der Waals surface area contributed by atoms with E-state index in [0.717, 1.165) is 35.4 Å². The highest BCUT2D eigenvalue weighted by Gasteiger charge is 2.25. The second kappa shape index (κ2) is 7.67. The zero-order valence-electron chi connectivity index (χ0n) is 17.2. The summed E-state index contributed by atoms with van der Waals surface area (Å²) in [4.78, 5) is 30.3. The molecule has 1 amide bonds. The molecule has 4 aromatic rings. The third-order valence-corrected chi connectivity index (χ3v) is 5.61. The van der Waals surface area contributed by atoms with Crippen LogP contribution in [-0.2, 0) is 24.2 Å². The molecule has 0 fully saturated rings. The fraction of sp³-hybridized carbons (Fsp3) is 0.217. The number of anilines is 1. The summed E-state index contributed by atoms with van der Waals surface area (Å²) < 4.78 is 29.6. The Hall–Kier alpha value is -3.88. The van der Waals surface area contributed by atoms with Crippen LogP contribution in [0.5, 0.6) is 0 Å². The Morgan fingerprint density at radius 2 is 1.88 bits per heavy atom. The van der Waals surface area contributed by atoms with Gasteiger partial charge in [0.15, 0.2) is 17.5 Å². The molecule has 2 heterocycles. The van der Waals surface area contributed by atoms with Crippen LogP contribution in [0.4, 0.5) is 14.5 Å². The Bertz CT molecular complexity index is 1420. The van der Waals surface area contributed by atoms with E-state index in [2.05, 4.69) is 15.4 Å². The molecule has 1 aliphatic rings. The maximum Gasteiger partial charge on any atom is 0.279 e. The van der Waals surface area contributed by atoms with Gasteiger partial charge in [-0.15, -0.1) is 5.10 Å². The summed E-state index contributed by atoms with van der Waals surface area (Å²) in [6, 6.07) is 10.8. The molecular weight excluding hydrogens is 416 g/mol. The SMILES string of the molecule is Cc1ccc(-c2nc3n(CC(=O)Nc4ccc(F)c(F)c4)c4c(c(=O)n3n2)CCC4)cc1. The molecule has 0 unspecified atom stereocenters. The fourth-order valence-electron chi connectivity index (χ4n) is 4.03. The van der Waals surface area contributed by atoms with Gasteiger partial charge in [0.1, 0.15) is 6.54 Å². The number of fused-ring (bicyclic) bond motifs is 2. The quantitative estimate of drug-likeness (QED) is 0.534. The number of aromatic nitrogens is 4. The van der Waals surface area contributed by atoms with Crippen molar-refractivity contribution in [1.29, 1.82) is 0 Å². The van der Waals surface area contributed by atoms with Gasteiger partial charge in [-0.3, -0.25) is 9.59 Å². The van der Waals surface area contributed by atoms with E-state index >= 15 is 0 Å². The van der Waals surface area contributed by atoms with E-state index in [1.165, 1.54) is 10.6 Å². The first-order chi connectivity index (χ1) is 15.4. The van der Waals surface area contributed by atoms with Crippen molar-refractivity contribution in [2.24, 2.45) is 0 Å². The number of rotatable bonds is 4. The lowest BCUT2D eigenvalue weighted by Gasteiger charge is -2.14. The minimum absolute atomic E-state index is 0.142. The fourth-order valence-corrected chi connectivity index (χ4v) is 4.03. The molecule has 0 bridgehead atoms. The molecule has 162 valence electrons. The smallest absolute Gasteiger partial charge is 0.279 e. The summed E-state index contributed by atoms with van der Waals surface area (Å²) in [7, 11) is 0. The van der Waals surface area contributed by atoms with E-state index < -0.39 is 17.5 Å². The zero-order valence-corrected chi connectivity index (χ0v) is 17.2. The molecule has 1 aliphatic carbocycles. The van der Waals surface area contributed by atoms with Gasteiger partial charge in [0.25, 0.3) is 5.56 Å². The summed E-state index contributed by atoms with van der Waals surface area (Å²) in [6.07, 6.45) is 2.05. The van der Waals surface area contributed by atoms with Gasteiger partial charge < -0.3 is 9.88 Å². The van der Waals surface area contributed by atoms with E-state index in [4.69, 9.17) is 0 Å². The van der Waals surface area contributed by atoms with Crippen molar-refractivity contribution in [3.8, 4) is 11.4 Å². The normalized spacial score (nSPS) is 12.8. The van der Waals surface area contributed by atoms with Crippen LogP contribution >= 0.6 is 0 Å². The number of hydrogen-bond acceptors (Lipinski definition) is 4. The van der Waals surface area contributed by atoms with Crippen LogP contribution in [0.1, 0.15) is 23.2 Å². The molecule has 0 saturated heterocycles. The van der Waals surface area contributed by atoms with Crippen molar-refractivity contribution in [3.05, 3.63) is 81.3 Å². The number of hydrogen-bond donors (Lipinski definition) is 1. The second-order valence-electron chi connectivity index (χ2n) is 7.86. The maximum absolute atomic E-state index is 13.5. The molecular formula is C23H19F2N5O2. The van der Waals surface area contributed by atoms with Crippen molar-refractivity contribution in [2.75, 3.05) is 5.32 Å². The molecule has 1 N–H and O–H groups in total. The van der Waals surface area contributed by atoms with Gasteiger partial charge in [-0.05, 0) is 38.3 Å². The molecule has 5 rings (SSSR count). The molecule has 0 saturated carbocycles. The number of nitrogens with one attached hydrogen (secondary N) is 1. The Labute approximate surface area is 181 Å². The Kier molecular flexibility index (Phi) is 4.80. The molecule has 0 radical (unpaired) electrons. The molecule has 7 nitrogen and oxygen atoms in total. The molecule has 32 heavy (non-hydrogen) atoms. The highest BCUT2D eigenvalue weighted by molar-refractivity contribution is 5.90. The Morgan fingerprint density at radius 3 is 2.62 bits per heavy atom. The van der Waals surface area contributed by atoms with Crippen LogP contribution in [0.15, 0.2) is 47.3 Å². The first-order valence-corrected chi connectivity index (χ1v) is 10.2. The lowest BCUT2D eigenvalue weighted by molar-refractivity contribution is -0.116. The standard InChI is InChI=1S/C23H19F2N5O2/c1-13-5-7-14(8-6-13)21-27-23-29(19-4-2-3-16(19)22(32)30(23)28-21)12-20(31)26-15-9-10-17(24)18(25)11-15/h5-11H,2-4,12H2,1H3,(H,26,31). The second-order valence-corrected chi connectivity index (χ2v) is 7.86. The maximum atomic E-state index is 13.5. The van der Waals surface area contributed by atoms with Crippen LogP contribution in [0.25, 0.3) is 17.2 Å². The number of benzene rings is 2. The first-order valence-electron chi connectivity index (χ1n) is 10.2. The lowest BCUT2D eigenvalue weighted by atomic mass is 10.1. The van der Waals surface area contributed by atoms with E-state index in [-0.39, 0.29) is 23.6 Å². The van der Waals surface area contributed by atoms with E-state index in [1.54, 1.807) is 4.57 Å². The van der Waals surface area contributed by atoms with Crippen molar-refractivity contribution in [2.45, 2.75) is 32.7 Å². The highest BCUT2D eigenvalue weighted by Crippen LogP contribution is 2.23. The third-order valence-electron chi connectivity index (χ3n) is 5.61. The molecule has 0 spiro atoms. The van der Waals surface area contributed by atoms with Crippen LogP contribution in [0, 0.1) is 18.6 Å². The van der Waals surface area contributed by atoms with Crippen molar-refractivity contribution < 1.29 is 13.6 Å². The number of carbonyl (C=O) groups is 1. The summed E-state index contributed by atoms with van der Waals surface area (Å²) >= 11 is 0. The van der Waals surface area contributed by atoms with Gasteiger partial charge in [-0.2, -0.15) is 9.50 Å². The Morgan fingerprint density at radius 1 is 1.09 bits per heavy atom. The molecule has 0 aliphatic heterocycles. The van der Waals surface area contributed by atoms with Gasteiger partial charge in [0.2, 0.25) is 11.7 Å². The largest absolute Gasteiger partial charge is 0.324 e. The lowest BCUT2D eigenvalue weighted by Crippen LogP contribution is -2.28. The van der Waals surface area contributed by atoms with Gasteiger partial charge in [-0.1, -0.05) is 29.8 Å². The van der Waals surface area contributed by atoms with Crippen molar-refractivity contribution >= 4 is 17.4 Å². The summed E-state index contributed by atoms with van der Waals surface area (Å²) in [5.74, 6) is -1.83. The minimum atomic E-state index is -1.05. The molecule has 2 aromatic carbocycles. The van der Waals surface area contributed by atoms with Gasteiger partial charge in [-0.25, -0.2) is 8.78 Å². The molecule has 2 aromatic heterocycles. The summed E-state index contributed by atoms with van der Waals surface area (Å²) in [5, 5.41) is 6.98. The van der Waals surface area contributed by atoms with Gasteiger partial charge >= 0.3 is 0 Å². The number of carbonyl (C=O) groups excluding carboxylic acids is 1. The average molecular weight is 435 g/mol. The van der Waals surface area contributed by atoms with E-state index in [0.29, 0.717) is 24.2 Å². The number of nitrogens with zero attached hydrogens (tertiary/aromatic N) is 4. The summed E-state index contributed by atoms with van der Waals surface area (Å²) in [6.45, 7) is 1.83. The van der Waals surface area contributed by atoms with Crippen molar-refractivity contribution in [3.63, 3.8) is 0 Å². The zero-order chi connectivity index (χ0) is 22.4. The van der Waals surface area contributed by atoms with Gasteiger partial charge in [0.05, 0.1) is 0 Å². The minimum Gasteiger partial charge on any atom is -0.324 e. The predicted molar refractivity (Wildman–Crippen MR) is 114 cm³/mol. The monoisotopic (exact) mass is 435 g/mol. The first kappa shape index (κ1) is 20.0. The van der Waals surface area contributed by atoms with Crippen molar-refractivity contribution in [1.82, 2.24) is 19.2 Å². The highest BCUT2D eigenvalue weighted by atomic mass is 19.2. The summed E-state index contributed by atoms with van der Waals surface area (Å²) in [5.41, 5.74) is 3.14. The molecule has 9 heteroatoms. The van der Waals surface area contributed by atoms with E-state index in [1.807, 2.05) is 31.2 Å². The van der Waals surface area contributed by atoms with Crippen LogP contribution in [0.2, 0.25) is 0 Å². The average Bonchev–Trinajstić information content (AvgIpc) is 3.42.